The number of allylic oxidation sites excluding steroid dienone is 22. The molecule has 0 saturated heterocycles. The summed E-state index contributed by atoms with van der Waals surface area (Å²) in [4.78, 5) is 35.5. The van der Waals surface area contributed by atoms with Crippen LogP contribution in [0.15, 0.2) is 134 Å². The molecule has 0 aromatic heterocycles. The van der Waals surface area contributed by atoms with Crippen molar-refractivity contribution < 1.29 is 37.6 Å². The van der Waals surface area contributed by atoms with E-state index in [0.29, 0.717) is 6.42 Å². The molecule has 0 aromatic carbocycles. The lowest BCUT2D eigenvalue weighted by molar-refractivity contribution is -0.161. The fourth-order valence-electron chi connectivity index (χ4n) is 12.3. The van der Waals surface area contributed by atoms with Crippen molar-refractivity contribution in [2.45, 2.75) is 405 Å². The fourth-order valence-corrected chi connectivity index (χ4v) is 13.0. The topological polar surface area (TPSA) is 134 Å². The van der Waals surface area contributed by atoms with E-state index < -0.39 is 26.5 Å². The van der Waals surface area contributed by atoms with Gasteiger partial charge in [-0.1, -0.05) is 404 Å². The summed E-state index contributed by atoms with van der Waals surface area (Å²) in [5, 5.41) is 0. The number of carbonyl (C=O) groups is 2. The second-order valence-electron chi connectivity index (χ2n) is 28.3. The molecule has 2 unspecified atom stereocenters. The van der Waals surface area contributed by atoms with Gasteiger partial charge in [-0.05, 0) is 116 Å². The van der Waals surface area contributed by atoms with E-state index in [1.54, 1.807) is 0 Å². The maximum Gasteiger partial charge on any atom is 0.472 e. The normalized spacial score (nSPS) is 13.5. The van der Waals surface area contributed by atoms with Crippen molar-refractivity contribution >= 4 is 19.8 Å². The van der Waals surface area contributed by atoms with Crippen molar-refractivity contribution in [1.29, 1.82) is 0 Å². The third-order valence-corrected chi connectivity index (χ3v) is 19.5. The minimum atomic E-state index is -4.41. The van der Waals surface area contributed by atoms with Crippen LogP contribution in [-0.2, 0) is 32.7 Å². The molecule has 582 valence electrons. The first-order valence-electron chi connectivity index (χ1n) is 42.7. The van der Waals surface area contributed by atoms with Crippen molar-refractivity contribution in [3.05, 3.63) is 134 Å². The molecule has 101 heavy (non-hydrogen) atoms. The van der Waals surface area contributed by atoms with E-state index in [2.05, 4.69) is 148 Å². The van der Waals surface area contributed by atoms with E-state index in [-0.39, 0.29) is 38.6 Å². The Morgan fingerprint density at radius 2 is 0.545 bits per heavy atom. The Bertz CT molecular complexity index is 2130. The zero-order chi connectivity index (χ0) is 72.9. The van der Waals surface area contributed by atoms with Gasteiger partial charge in [0.25, 0.3) is 0 Å². The summed E-state index contributed by atoms with van der Waals surface area (Å²) in [6.45, 7) is 3.67. The number of nitrogens with two attached hydrogens (primary N) is 1. The average Bonchev–Trinajstić information content (AvgIpc) is 1.04. The number of carbonyl (C=O) groups excluding carboxylic acids is 2. The van der Waals surface area contributed by atoms with Crippen molar-refractivity contribution in [2.24, 2.45) is 5.73 Å². The molecule has 0 aliphatic rings. The molecular formula is C91H160NO8P. The van der Waals surface area contributed by atoms with Gasteiger partial charge in [-0.25, -0.2) is 4.57 Å². The van der Waals surface area contributed by atoms with Crippen LogP contribution < -0.4 is 5.73 Å². The quantitative estimate of drug-likeness (QED) is 0.0264. The highest BCUT2D eigenvalue weighted by Gasteiger charge is 2.26. The highest BCUT2D eigenvalue weighted by atomic mass is 31.2. The van der Waals surface area contributed by atoms with Gasteiger partial charge in [0.15, 0.2) is 6.10 Å². The summed E-state index contributed by atoms with van der Waals surface area (Å²) in [7, 11) is -4.41. The Balaban J connectivity index is 3.82. The Labute approximate surface area is 624 Å². The number of unbranched alkanes of at least 4 members (excludes halogenated alkanes) is 45. The predicted molar refractivity (Wildman–Crippen MR) is 441 cm³/mol. The average molecular weight is 1430 g/mol. The lowest BCUT2D eigenvalue weighted by atomic mass is 10.0. The van der Waals surface area contributed by atoms with Crippen LogP contribution in [0.2, 0.25) is 0 Å². The first kappa shape index (κ1) is 97.2. The van der Waals surface area contributed by atoms with Crippen LogP contribution >= 0.6 is 7.82 Å². The monoisotopic (exact) mass is 1430 g/mol. The van der Waals surface area contributed by atoms with Gasteiger partial charge < -0.3 is 20.1 Å². The van der Waals surface area contributed by atoms with E-state index in [4.69, 9.17) is 24.3 Å². The van der Waals surface area contributed by atoms with Crippen LogP contribution in [0.1, 0.15) is 399 Å². The molecule has 0 saturated carbocycles. The Hall–Kier alpha value is -3.85. The molecule has 9 nitrogen and oxygen atoms in total. The van der Waals surface area contributed by atoms with Crippen molar-refractivity contribution in [1.82, 2.24) is 0 Å². The second kappa shape index (κ2) is 85.1. The molecule has 0 aromatic rings. The largest absolute Gasteiger partial charge is 0.472 e. The van der Waals surface area contributed by atoms with Gasteiger partial charge in [0.05, 0.1) is 13.2 Å². The fraction of sp³-hybridized carbons (Fsp3) is 0.736. The molecule has 10 heteroatoms. The number of phosphoric ester groups is 1. The number of hydrogen-bond donors (Lipinski definition) is 2. The van der Waals surface area contributed by atoms with E-state index >= 15 is 0 Å². The van der Waals surface area contributed by atoms with Crippen LogP contribution in [0, 0.1) is 0 Å². The predicted octanol–water partition coefficient (Wildman–Crippen LogP) is 29.1. The van der Waals surface area contributed by atoms with Gasteiger partial charge >= 0.3 is 19.8 Å². The summed E-state index contributed by atoms with van der Waals surface area (Å²) < 4.78 is 33.3. The summed E-state index contributed by atoms with van der Waals surface area (Å²) >= 11 is 0. The van der Waals surface area contributed by atoms with E-state index in [1.165, 1.54) is 257 Å². The van der Waals surface area contributed by atoms with Crippen molar-refractivity contribution in [3.8, 4) is 0 Å². The number of esters is 2. The minimum Gasteiger partial charge on any atom is -0.462 e. The lowest BCUT2D eigenvalue weighted by Crippen LogP contribution is -2.29. The molecule has 0 rings (SSSR count). The highest BCUT2D eigenvalue weighted by molar-refractivity contribution is 7.47. The number of ether oxygens (including phenoxy) is 2. The lowest BCUT2D eigenvalue weighted by Gasteiger charge is -2.19. The Morgan fingerprint density at radius 1 is 0.307 bits per heavy atom. The Kier molecular flexibility index (Phi) is 81.8. The van der Waals surface area contributed by atoms with Gasteiger partial charge in [0.1, 0.15) is 6.61 Å². The van der Waals surface area contributed by atoms with Crippen molar-refractivity contribution in [2.75, 3.05) is 26.4 Å². The molecule has 0 aliphatic heterocycles. The van der Waals surface area contributed by atoms with Gasteiger partial charge in [0.2, 0.25) is 0 Å². The number of hydrogen-bond acceptors (Lipinski definition) is 8. The zero-order valence-electron chi connectivity index (χ0n) is 65.9. The molecule has 0 radical (unpaired) electrons. The molecule has 0 bridgehead atoms. The second-order valence-corrected chi connectivity index (χ2v) is 29.8. The number of phosphoric acid groups is 1. The summed E-state index contributed by atoms with van der Waals surface area (Å²) in [6.07, 6.45) is 122. The SMILES string of the molecule is CC/C=C\C/C=C\C/C=C\C/C=C\C/C=C\C/C=C\C/C=C\C/C=C\C/C=C\C/C=C\CCCCCCCCCCCCC(=O)OC(COC(=O)CCCCCCCCCCCCCCCCCCCCCCCCCCCCC/C=C\CCCCCCCCCC)COP(=O)(O)OCCN. The van der Waals surface area contributed by atoms with Crippen LogP contribution in [0.4, 0.5) is 0 Å². The van der Waals surface area contributed by atoms with Crippen LogP contribution in [-0.4, -0.2) is 49.3 Å². The molecule has 0 heterocycles. The van der Waals surface area contributed by atoms with Gasteiger partial charge in [0, 0.05) is 19.4 Å². The van der Waals surface area contributed by atoms with Crippen molar-refractivity contribution in [3.63, 3.8) is 0 Å². The molecule has 0 spiro atoms. The van der Waals surface area contributed by atoms with Crippen LogP contribution in [0.5, 0.6) is 0 Å². The Morgan fingerprint density at radius 3 is 0.822 bits per heavy atom. The van der Waals surface area contributed by atoms with Crippen LogP contribution in [0.25, 0.3) is 0 Å². The highest BCUT2D eigenvalue weighted by Crippen LogP contribution is 2.43. The van der Waals surface area contributed by atoms with E-state index in [0.717, 1.165) is 109 Å². The molecule has 0 aliphatic carbocycles. The third-order valence-electron chi connectivity index (χ3n) is 18.5. The van der Waals surface area contributed by atoms with E-state index in [9.17, 15) is 19.0 Å². The first-order chi connectivity index (χ1) is 49.8. The van der Waals surface area contributed by atoms with Gasteiger partial charge in [-0.15, -0.1) is 0 Å². The summed E-state index contributed by atoms with van der Waals surface area (Å²) in [6, 6.07) is 0. The molecule has 3 N–H and O–H groups in total. The first-order valence-corrected chi connectivity index (χ1v) is 44.2. The summed E-state index contributed by atoms with van der Waals surface area (Å²) in [5.74, 6) is -0.822. The third kappa shape index (κ3) is 85.0. The summed E-state index contributed by atoms with van der Waals surface area (Å²) in [5.41, 5.74) is 5.42. The minimum absolute atomic E-state index is 0.0492. The molecular weight excluding hydrogens is 1270 g/mol. The molecule has 0 fully saturated rings. The molecule has 2 atom stereocenters. The molecule has 0 amide bonds. The smallest absolute Gasteiger partial charge is 0.462 e. The zero-order valence-corrected chi connectivity index (χ0v) is 66.8. The van der Waals surface area contributed by atoms with Crippen LogP contribution in [0.3, 0.4) is 0 Å². The number of rotatable bonds is 80. The van der Waals surface area contributed by atoms with E-state index in [1.807, 2.05) is 0 Å². The van der Waals surface area contributed by atoms with Gasteiger partial charge in [-0.2, -0.15) is 0 Å². The van der Waals surface area contributed by atoms with Gasteiger partial charge in [-0.3, -0.25) is 18.6 Å². The standard InChI is InChI=1S/C91H160NO8P/c1-3-5-7-9-11-13-15-17-19-21-23-25-27-29-31-33-35-37-39-41-43-44-46-48-50-52-54-56-58-60-62-64-66-68-70-72-74-76-78-80-82-84-91(94)100-89(88-99-101(95,96)98-86-85-92)87-97-90(93)83-81-79-77-75-73-71-69-67-65-63-61-59-57-55-53-51-49-47-45-42-40-38-36-34-32-30-28-26-24-22-20-18-16-14-12-10-8-6-4-2/h5,7,11,13,17,19,22-25,29,31,35,37,41,43,46,48,52,54,58,60,89H,3-4,6,8-10,12,14-16,18,20-21,26-28,30,32-34,36,38-40,42,44-45,47,49-51,53,55-57,59,61-88,92H2,1-2H3,(H,95,96)/b7-5-,13-11-,19-17-,24-22-,25-23-,31-29-,37-35-,43-41-,48-46-,54-52-,60-58-. The maximum absolute atomic E-state index is 12.8. The maximum atomic E-state index is 12.8.